The molecule has 5 heteroatoms. The van der Waals surface area contributed by atoms with Crippen molar-refractivity contribution in [3.8, 4) is 28.6 Å². The molecule has 5 nitrogen and oxygen atoms in total. The lowest BCUT2D eigenvalue weighted by atomic mass is 10.1. The van der Waals surface area contributed by atoms with Crippen molar-refractivity contribution >= 4 is 0 Å². The van der Waals surface area contributed by atoms with E-state index in [0.717, 1.165) is 11.4 Å². The second-order valence-corrected chi connectivity index (χ2v) is 3.58. The van der Waals surface area contributed by atoms with Crippen LogP contribution in [0.1, 0.15) is 6.92 Å². The maximum absolute atomic E-state index is 5.54. The van der Waals surface area contributed by atoms with Crippen molar-refractivity contribution in [3.05, 3.63) is 24.5 Å². The van der Waals surface area contributed by atoms with Crippen LogP contribution in [0.25, 0.3) is 11.4 Å². The number of imidazole rings is 1. The fourth-order valence-corrected chi connectivity index (χ4v) is 1.73. The maximum atomic E-state index is 5.54. The number of ether oxygens (including phenoxy) is 3. The van der Waals surface area contributed by atoms with Gasteiger partial charge in [0, 0.05) is 18.0 Å². The summed E-state index contributed by atoms with van der Waals surface area (Å²) in [4.78, 5) is 7.25. The first-order valence-corrected chi connectivity index (χ1v) is 5.68. The molecule has 0 aliphatic rings. The molecule has 0 unspecified atom stereocenters. The van der Waals surface area contributed by atoms with Crippen LogP contribution < -0.4 is 14.2 Å². The van der Waals surface area contributed by atoms with Gasteiger partial charge >= 0.3 is 0 Å². The first-order chi connectivity index (χ1) is 8.80. The summed E-state index contributed by atoms with van der Waals surface area (Å²) < 4.78 is 16.2. The Balaban J connectivity index is 2.52. The van der Waals surface area contributed by atoms with Crippen molar-refractivity contribution in [3.63, 3.8) is 0 Å². The average molecular weight is 248 g/mol. The van der Waals surface area contributed by atoms with Crippen molar-refractivity contribution in [1.82, 2.24) is 9.97 Å². The molecule has 1 aromatic carbocycles. The molecule has 96 valence electrons. The van der Waals surface area contributed by atoms with Crippen LogP contribution in [0.4, 0.5) is 0 Å². The molecule has 0 radical (unpaired) electrons. The van der Waals surface area contributed by atoms with E-state index in [1.807, 2.05) is 19.1 Å². The Bertz CT molecular complexity index is 484. The number of nitrogens with one attached hydrogen (secondary N) is 1. The molecule has 0 spiro atoms. The van der Waals surface area contributed by atoms with Crippen LogP contribution >= 0.6 is 0 Å². The highest BCUT2D eigenvalue weighted by Crippen LogP contribution is 2.40. The van der Waals surface area contributed by atoms with Crippen molar-refractivity contribution in [2.24, 2.45) is 0 Å². The SMILES string of the molecule is CCOc1c(OC)cc(-c2ncc[nH]2)cc1OC. The molecule has 0 bridgehead atoms. The number of H-pyrrole nitrogens is 1. The van der Waals surface area contributed by atoms with E-state index >= 15 is 0 Å². The molecule has 0 saturated carbocycles. The maximum Gasteiger partial charge on any atom is 0.203 e. The first-order valence-electron chi connectivity index (χ1n) is 5.68. The minimum atomic E-state index is 0.548. The molecule has 0 saturated heterocycles. The van der Waals surface area contributed by atoms with Gasteiger partial charge in [-0.2, -0.15) is 0 Å². The van der Waals surface area contributed by atoms with Crippen molar-refractivity contribution < 1.29 is 14.2 Å². The van der Waals surface area contributed by atoms with Gasteiger partial charge in [0.05, 0.1) is 20.8 Å². The third kappa shape index (κ3) is 2.25. The third-order valence-corrected chi connectivity index (χ3v) is 2.52. The zero-order valence-corrected chi connectivity index (χ0v) is 10.7. The molecule has 1 N–H and O–H groups in total. The molecule has 0 atom stereocenters. The zero-order valence-electron chi connectivity index (χ0n) is 10.7. The van der Waals surface area contributed by atoms with Gasteiger partial charge in [0.15, 0.2) is 11.5 Å². The molecule has 2 rings (SSSR count). The summed E-state index contributed by atoms with van der Waals surface area (Å²) in [5, 5.41) is 0. The fourth-order valence-electron chi connectivity index (χ4n) is 1.73. The third-order valence-electron chi connectivity index (χ3n) is 2.52. The van der Waals surface area contributed by atoms with Gasteiger partial charge in [-0.25, -0.2) is 4.98 Å². The Hall–Kier alpha value is -2.17. The molecular formula is C13H16N2O3. The van der Waals surface area contributed by atoms with Gasteiger partial charge in [0.25, 0.3) is 0 Å². The van der Waals surface area contributed by atoms with E-state index in [1.54, 1.807) is 26.6 Å². The highest BCUT2D eigenvalue weighted by atomic mass is 16.5. The monoisotopic (exact) mass is 248 g/mol. The quantitative estimate of drug-likeness (QED) is 0.883. The Morgan fingerprint density at radius 2 is 1.83 bits per heavy atom. The van der Waals surface area contributed by atoms with Gasteiger partial charge in [0.1, 0.15) is 5.82 Å². The normalized spacial score (nSPS) is 10.2. The van der Waals surface area contributed by atoms with E-state index in [4.69, 9.17) is 14.2 Å². The molecule has 0 aliphatic heterocycles. The molecular weight excluding hydrogens is 232 g/mol. The van der Waals surface area contributed by atoms with Crippen LogP contribution in [0.3, 0.4) is 0 Å². The number of nitrogens with zero attached hydrogens (tertiary/aromatic N) is 1. The Morgan fingerprint density at radius 3 is 2.28 bits per heavy atom. The number of aromatic amines is 1. The Morgan fingerprint density at radius 1 is 1.17 bits per heavy atom. The van der Waals surface area contributed by atoms with E-state index in [2.05, 4.69) is 9.97 Å². The molecule has 0 fully saturated rings. The smallest absolute Gasteiger partial charge is 0.203 e. The predicted octanol–water partition coefficient (Wildman–Crippen LogP) is 2.49. The van der Waals surface area contributed by atoms with E-state index < -0.39 is 0 Å². The summed E-state index contributed by atoms with van der Waals surface area (Å²) in [5.74, 6) is 2.62. The summed E-state index contributed by atoms with van der Waals surface area (Å²) in [6, 6.07) is 3.73. The summed E-state index contributed by atoms with van der Waals surface area (Å²) >= 11 is 0. The number of rotatable bonds is 5. The van der Waals surface area contributed by atoms with Gasteiger partial charge in [-0.15, -0.1) is 0 Å². The highest BCUT2D eigenvalue weighted by molar-refractivity contribution is 5.66. The summed E-state index contributed by atoms with van der Waals surface area (Å²) in [5.41, 5.74) is 0.886. The van der Waals surface area contributed by atoms with E-state index in [9.17, 15) is 0 Å². The van der Waals surface area contributed by atoms with Crippen LogP contribution in [-0.2, 0) is 0 Å². The van der Waals surface area contributed by atoms with Gasteiger partial charge < -0.3 is 19.2 Å². The predicted molar refractivity (Wildman–Crippen MR) is 68.3 cm³/mol. The Labute approximate surface area is 106 Å². The van der Waals surface area contributed by atoms with Crippen LogP contribution in [0.15, 0.2) is 24.5 Å². The second kappa shape index (κ2) is 5.44. The average Bonchev–Trinajstić information content (AvgIpc) is 2.93. The number of methoxy groups -OCH3 is 2. The summed E-state index contributed by atoms with van der Waals surface area (Å²) in [6.45, 7) is 2.46. The van der Waals surface area contributed by atoms with E-state index in [1.165, 1.54) is 0 Å². The minimum Gasteiger partial charge on any atom is -0.493 e. The zero-order chi connectivity index (χ0) is 13.0. The van der Waals surface area contributed by atoms with Crippen molar-refractivity contribution in [2.75, 3.05) is 20.8 Å². The van der Waals surface area contributed by atoms with Crippen LogP contribution in [-0.4, -0.2) is 30.8 Å². The largest absolute Gasteiger partial charge is 0.493 e. The van der Waals surface area contributed by atoms with E-state index in [-0.39, 0.29) is 0 Å². The number of hydrogen-bond donors (Lipinski definition) is 1. The first kappa shape index (κ1) is 12.3. The van der Waals surface area contributed by atoms with Crippen LogP contribution in [0.2, 0.25) is 0 Å². The van der Waals surface area contributed by atoms with Crippen LogP contribution in [0, 0.1) is 0 Å². The van der Waals surface area contributed by atoms with Gasteiger partial charge in [-0.05, 0) is 19.1 Å². The van der Waals surface area contributed by atoms with Crippen molar-refractivity contribution in [2.45, 2.75) is 6.92 Å². The molecule has 18 heavy (non-hydrogen) atoms. The molecule has 1 aromatic heterocycles. The Kier molecular flexibility index (Phi) is 3.72. The van der Waals surface area contributed by atoms with Gasteiger partial charge in [0.2, 0.25) is 5.75 Å². The number of benzene rings is 1. The number of hydrogen-bond acceptors (Lipinski definition) is 4. The summed E-state index contributed by atoms with van der Waals surface area (Å²) in [6.07, 6.45) is 3.47. The second-order valence-electron chi connectivity index (χ2n) is 3.58. The lowest BCUT2D eigenvalue weighted by Gasteiger charge is -2.14. The van der Waals surface area contributed by atoms with Crippen LogP contribution in [0.5, 0.6) is 17.2 Å². The lowest BCUT2D eigenvalue weighted by Crippen LogP contribution is -1.99. The topological polar surface area (TPSA) is 56.4 Å². The molecule has 0 amide bonds. The standard InChI is InChI=1S/C13H16N2O3/c1-4-18-12-10(16-2)7-9(8-11(12)17-3)13-14-5-6-15-13/h5-8H,4H2,1-3H3,(H,14,15). The molecule has 1 heterocycles. The van der Waals surface area contributed by atoms with Gasteiger partial charge in [-0.1, -0.05) is 0 Å². The van der Waals surface area contributed by atoms with E-state index in [0.29, 0.717) is 23.9 Å². The minimum absolute atomic E-state index is 0.548. The number of aromatic nitrogens is 2. The fraction of sp³-hybridized carbons (Fsp3) is 0.308. The summed E-state index contributed by atoms with van der Waals surface area (Å²) in [7, 11) is 3.20. The molecule has 0 aliphatic carbocycles. The lowest BCUT2D eigenvalue weighted by molar-refractivity contribution is 0.288. The van der Waals surface area contributed by atoms with Gasteiger partial charge in [-0.3, -0.25) is 0 Å². The van der Waals surface area contributed by atoms with Crippen molar-refractivity contribution in [1.29, 1.82) is 0 Å². The molecule has 2 aromatic rings. The highest BCUT2D eigenvalue weighted by Gasteiger charge is 2.15.